The maximum atomic E-state index is 14.4. The smallest absolute Gasteiger partial charge is 0.311 e. The molecule has 2 amide bonds. The van der Waals surface area contributed by atoms with Crippen LogP contribution in [0.1, 0.15) is 162 Å². The van der Waals surface area contributed by atoms with E-state index in [1.54, 1.807) is 9.47 Å². The van der Waals surface area contributed by atoms with E-state index in [0.29, 0.717) is 31.7 Å². The third-order valence-electron chi connectivity index (χ3n) is 10.8. The van der Waals surface area contributed by atoms with Crippen LogP contribution in [0, 0.1) is 11.6 Å². The van der Waals surface area contributed by atoms with Gasteiger partial charge < -0.3 is 24.4 Å². The average Bonchev–Trinajstić information content (AvgIpc) is 3.45. The van der Waals surface area contributed by atoms with E-state index in [1.165, 1.54) is 70.1 Å². The third-order valence-corrected chi connectivity index (χ3v) is 10.8. The zero-order valence-electron chi connectivity index (χ0n) is 30.9. The molecule has 3 aliphatic rings. The minimum Gasteiger partial charge on any atom is -0.420 e. The van der Waals surface area contributed by atoms with Gasteiger partial charge in [-0.1, -0.05) is 95.2 Å². The minimum atomic E-state index is -0.920. The standard InChI is InChI=1S/C40H54F2N4O6/c1-4-5-6-7-8-9-10-11-12-13-14-15-16-17-34(47)51-37-35-39(50)45-26-33(40(21-20-28(45)3)23-27(2)44-52-40)46(35)25-31(36(37)48)38(49)43-24-29-18-19-30(41)22-32(29)42/h18-19,22,25,28,33H,4-17,20-21,23-24,26H2,1-3H3,(H,43,49)/t28-,33+,40-/m0/s1. The van der Waals surface area contributed by atoms with Crippen molar-refractivity contribution in [1.82, 2.24) is 14.8 Å². The van der Waals surface area contributed by atoms with Crippen molar-refractivity contribution < 1.29 is 32.7 Å². The molecule has 3 atom stereocenters. The maximum absolute atomic E-state index is 14.4. The quantitative estimate of drug-likeness (QED) is 0.122. The molecule has 0 unspecified atom stereocenters. The van der Waals surface area contributed by atoms with E-state index in [2.05, 4.69) is 17.4 Å². The van der Waals surface area contributed by atoms with Crippen LogP contribution in [0.15, 0.2) is 34.3 Å². The number of hydrogen-bond acceptors (Lipinski definition) is 7. The van der Waals surface area contributed by atoms with Gasteiger partial charge in [0.15, 0.2) is 11.3 Å². The second kappa shape index (κ2) is 18.1. The Labute approximate surface area is 305 Å². The fraction of sp³-hybridized carbons (Fsp3) is 0.625. The van der Waals surface area contributed by atoms with E-state index in [1.807, 2.05) is 13.8 Å². The number of aromatic nitrogens is 1. The molecule has 52 heavy (non-hydrogen) atoms. The summed E-state index contributed by atoms with van der Waals surface area (Å²) < 4.78 is 35.1. The molecular formula is C40H54F2N4O6. The van der Waals surface area contributed by atoms with Crippen LogP contribution < -0.4 is 15.5 Å². The molecule has 10 nitrogen and oxygen atoms in total. The van der Waals surface area contributed by atoms with Gasteiger partial charge in [-0.05, 0) is 39.2 Å². The van der Waals surface area contributed by atoms with E-state index < -0.39 is 52.2 Å². The number of oxime groups is 1. The van der Waals surface area contributed by atoms with Crippen molar-refractivity contribution in [3.63, 3.8) is 0 Å². The number of carbonyl (C=O) groups excluding carboxylic acids is 3. The summed E-state index contributed by atoms with van der Waals surface area (Å²) in [5.74, 6) is -4.10. The van der Waals surface area contributed by atoms with Gasteiger partial charge in [0.2, 0.25) is 11.2 Å². The summed E-state index contributed by atoms with van der Waals surface area (Å²) in [4.78, 5) is 62.7. The number of hydrogen-bond donors (Lipinski definition) is 1. The monoisotopic (exact) mass is 724 g/mol. The molecule has 1 saturated heterocycles. The number of carbonyl (C=O) groups is 3. The lowest BCUT2D eigenvalue weighted by Gasteiger charge is -2.42. The third kappa shape index (κ3) is 9.28. The van der Waals surface area contributed by atoms with Crippen LogP contribution in [0.5, 0.6) is 5.75 Å². The second-order valence-corrected chi connectivity index (χ2v) is 14.9. The molecule has 2 aromatic rings. The Morgan fingerprint density at radius 3 is 2.27 bits per heavy atom. The highest BCUT2D eigenvalue weighted by atomic mass is 19.1. The predicted molar refractivity (Wildman–Crippen MR) is 194 cm³/mol. The lowest BCUT2D eigenvalue weighted by Crippen LogP contribution is -2.52. The number of halogens is 2. The average molecular weight is 725 g/mol. The number of nitrogens with zero attached hydrogens (tertiary/aromatic N) is 3. The number of ether oxygens (including phenoxy) is 1. The van der Waals surface area contributed by atoms with Crippen LogP contribution in [0.4, 0.5) is 8.78 Å². The fourth-order valence-corrected chi connectivity index (χ4v) is 7.75. The molecular weight excluding hydrogens is 670 g/mol. The highest BCUT2D eigenvalue weighted by Crippen LogP contribution is 2.46. The van der Waals surface area contributed by atoms with Crippen molar-refractivity contribution in [2.24, 2.45) is 5.16 Å². The zero-order valence-corrected chi connectivity index (χ0v) is 30.9. The summed E-state index contributed by atoms with van der Waals surface area (Å²) in [6.45, 7) is 5.94. The Kier molecular flexibility index (Phi) is 13.6. The first kappa shape index (κ1) is 39.1. The van der Waals surface area contributed by atoms with Crippen LogP contribution in [0.3, 0.4) is 0 Å². The molecule has 5 rings (SSSR count). The molecule has 0 aliphatic carbocycles. The number of fused-ring (bicyclic) bond motifs is 5. The molecule has 0 radical (unpaired) electrons. The minimum absolute atomic E-state index is 0.0202. The molecule has 1 spiro atoms. The molecule has 284 valence electrons. The number of nitrogens with one attached hydrogen (secondary N) is 1. The van der Waals surface area contributed by atoms with Gasteiger partial charge in [-0.15, -0.1) is 0 Å². The lowest BCUT2D eigenvalue weighted by molar-refractivity contribution is -0.134. The first-order valence-electron chi connectivity index (χ1n) is 19.3. The van der Waals surface area contributed by atoms with Crippen LogP contribution in [-0.2, 0) is 16.2 Å². The predicted octanol–water partition coefficient (Wildman–Crippen LogP) is 8.16. The normalized spacial score (nSPS) is 20.7. The summed E-state index contributed by atoms with van der Waals surface area (Å²) >= 11 is 0. The van der Waals surface area contributed by atoms with Gasteiger partial charge in [0, 0.05) is 49.8 Å². The summed E-state index contributed by atoms with van der Waals surface area (Å²) in [6, 6.07) is 2.25. The number of amides is 2. The van der Waals surface area contributed by atoms with Crippen molar-refractivity contribution in [3.8, 4) is 5.75 Å². The highest BCUT2D eigenvalue weighted by molar-refractivity contribution is 6.00. The molecule has 1 aromatic heterocycles. The van der Waals surface area contributed by atoms with Crippen molar-refractivity contribution >= 4 is 23.5 Å². The molecule has 0 saturated carbocycles. The Hall–Kier alpha value is -4.09. The SMILES string of the molecule is CCCCCCCCCCCCCCCC(=O)Oc1c2n(cc(C(=O)NCc3ccc(F)cc3F)c1=O)[C@@H]1CN(C2=O)[C@@H](C)CC[C@]12CC(C)=NO2. The van der Waals surface area contributed by atoms with Crippen LogP contribution >= 0.6 is 0 Å². The zero-order chi connectivity index (χ0) is 37.3. The van der Waals surface area contributed by atoms with Gasteiger partial charge in [-0.25, -0.2) is 8.78 Å². The summed E-state index contributed by atoms with van der Waals surface area (Å²) in [7, 11) is 0. The summed E-state index contributed by atoms with van der Waals surface area (Å²) in [5.41, 5.74) is -1.45. The molecule has 2 bridgehead atoms. The van der Waals surface area contributed by atoms with Gasteiger partial charge in [-0.2, -0.15) is 0 Å². The highest BCUT2D eigenvalue weighted by Gasteiger charge is 2.54. The number of benzene rings is 1. The number of rotatable bonds is 18. The molecule has 4 heterocycles. The second-order valence-electron chi connectivity index (χ2n) is 14.9. The van der Waals surface area contributed by atoms with Gasteiger partial charge >= 0.3 is 5.97 Å². The topological polar surface area (TPSA) is 119 Å². The van der Waals surface area contributed by atoms with E-state index in [9.17, 15) is 28.0 Å². The van der Waals surface area contributed by atoms with Crippen LogP contribution in [-0.4, -0.2) is 51.2 Å². The Balaban J connectivity index is 1.31. The maximum Gasteiger partial charge on any atom is 0.311 e. The van der Waals surface area contributed by atoms with Gasteiger partial charge in [0.05, 0.1) is 11.8 Å². The van der Waals surface area contributed by atoms with Crippen molar-refractivity contribution in [2.45, 2.75) is 154 Å². The van der Waals surface area contributed by atoms with Gasteiger partial charge in [0.25, 0.3) is 11.8 Å². The molecule has 12 heteroatoms. The van der Waals surface area contributed by atoms with Crippen molar-refractivity contribution in [1.29, 1.82) is 0 Å². The number of esters is 1. The van der Waals surface area contributed by atoms with Crippen LogP contribution in [0.25, 0.3) is 0 Å². The number of pyridine rings is 1. The molecule has 3 aliphatic heterocycles. The van der Waals surface area contributed by atoms with E-state index in [-0.39, 0.29) is 42.4 Å². The van der Waals surface area contributed by atoms with E-state index in [4.69, 9.17) is 9.57 Å². The summed E-state index contributed by atoms with van der Waals surface area (Å²) in [5, 5.41) is 6.77. The van der Waals surface area contributed by atoms with Gasteiger partial charge in [0.1, 0.15) is 17.2 Å². The van der Waals surface area contributed by atoms with Crippen molar-refractivity contribution in [3.05, 3.63) is 63.1 Å². The molecule has 1 N–H and O–H groups in total. The molecule has 1 fully saturated rings. The first-order valence-corrected chi connectivity index (χ1v) is 19.3. The summed E-state index contributed by atoms with van der Waals surface area (Å²) in [6.07, 6.45) is 18.0. The van der Waals surface area contributed by atoms with E-state index in [0.717, 1.165) is 31.0 Å². The fourth-order valence-electron chi connectivity index (χ4n) is 7.75. The first-order chi connectivity index (χ1) is 25.0. The lowest BCUT2D eigenvalue weighted by atomic mass is 9.84. The van der Waals surface area contributed by atoms with Gasteiger partial charge in [-0.3, -0.25) is 19.2 Å². The Morgan fingerprint density at radius 1 is 1.00 bits per heavy atom. The van der Waals surface area contributed by atoms with Crippen molar-refractivity contribution in [2.75, 3.05) is 6.54 Å². The van der Waals surface area contributed by atoms with E-state index >= 15 is 0 Å². The van der Waals surface area contributed by atoms with Crippen LogP contribution in [0.2, 0.25) is 0 Å². The Morgan fingerprint density at radius 2 is 1.65 bits per heavy atom. The molecule has 1 aromatic carbocycles. The number of unbranched alkanes of at least 4 members (excludes halogenated alkanes) is 12. The largest absolute Gasteiger partial charge is 0.420 e. The Bertz CT molecular complexity index is 1690.